The topological polar surface area (TPSA) is 110 Å². The highest BCUT2D eigenvalue weighted by molar-refractivity contribution is 6.29. The molecule has 0 atom stereocenters. The molecular formula is C16H17ClN6O3. The number of rotatable bonds is 4. The van der Waals surface area contributed by atoms with Crippen LogP contribution in [0.15, 0.2) is 34.4 Å². The zero-order valence-electron chi connectivity index (χ0n) is 14.1. The molecular weight excluding hydrogens is 360 g/mol. The molecule has 26 heavy (non-hydrogen) atoms. The Morgan fingerprint density at radius 2 is 2.08 bits per heavy atom. The van der Waals surface area contributed by atoms with Gasteiger partial charge in [0.15, 0.2) is 5.15 Å². The number of carbonyl (C=O) groups is 1. The number of anilines is 2. The van der Waals surface area contributed by atoms with E-state index in [9.17, 15) is 14.5 Å². The van der Waals surface area contributed by atoms with Crippen LogP contribution >= 0.6 is 11.6 Å². The van der Waals surface area contributed by atoms with Gasteiger partial charge in [-0.15, -0.1) is 0 Å². The summed E-state index contributed by atoms with van der Waals surface area (Å²) in [5, 5.41) is 9.89. The zero-order chi connectivity index (χ0) is 18.7. The monoisotopic (exact) mass is 376 g/mol. The van der Waals surface area contributed by atoms with Gasteiger partial charge in [-0.05, 0) is 25.0 Å². The molecule has 2 aromatic heterocycles. The van der Waals surface area contributed by atoms with Gasteiger partial charge in [0.05, 0.1) is 11.6 Å². The average Bonchev–Trinajstić information content (AvgIpc) is 2.66. The Kier molecular flexibility index (Phi) is 5.27. The van der Waals surface area contributed by atoms with E-state index in [-0.39, 0.29) is 28.3 Å². The van der Waals surface area contributed by atoms with Gasteiger partial charge in [-0.25, -0.2) is 9.67 Å². The number of hydrogen-bond acceptors (Lipinski definition) is 7. The predicted octanol–water partition coefficient (Wildman–Crippen LogP) is 1.94. The van der Waals surface area contributed by atoms with Gasteiger partial charge in [-0.3, -0.25) is 9.59 Å². The zero-order valence-corrected chi connectivity index (χ0v) is 14.8. The molecule has 0 unspecified atom stereocenters. The molecule has 136 valence electrons. The number of aryl methyl sites for hydroxylation is 1. The number of hydrogen-bond donors (Lipinski definition) is 1. The van der Waals surface area contributed by atoms with Crippen molar-refractivity contribution in [3.63, 3.8) is 0 Å². The lowest BCUT2D eigenvalue weighted by Crippen LogP contribution is -2.39. The van der Waals surface area contributed by atoms with Crippen molar-refractivity contribution in [2.75, 3.05) is 18.4 Å². The summed E-state index contributed by atoms with van der Waals surface area (Å²) in [5.41, 5.74) is 0.333. The maximum absolute atomic E-state index is 12.5. The third kappa shape index (κ3) is 3.88. The van der Waals surface area contributed by atoms with Gasteiger partial charge in [0.25, 0.3) is 11.5 Å². The highest BCUT2D eigenvalue weighted by Gasteiger charge is 2.24. The van der Waals surface area contributed by atoms with Crippen LogP contribution in [0.3, 0.4) is 0 Å². The fourth-order valence-electron chi connectivity index (χ4n) is 2.75. The summed E-state index contributed by atoms with van der Waals surface area (Å²) < 4.78 is 1.13. The summed E-state index contributed by atoms with van der Waals surface area (Å²) in [6.45, 7) is 1.00. The molecule has 1 aliphatic rings. The average molecular weight is 377 g/mol. The number of pyridine rings is 1. The van der Waals surface area contributed by atoms with E-state index in [0.717, 1.165) is 4.68 Å². The molecule has 0 radical (unpaired) electrons. The standard InChI is InChI=1S/C16H17ClN6O3/c1-22-16(25)12(8-13(17)20-22)19-14-3-2-10(9-18-14)15(24)23-6-4-11(21-26)5-7-23/h2-3,8-9,11H,4-7H2,1H3,(H,18,19). The maximum atomic E-state index is 12.5. The van der Waals surface area contributed by atoms with Gasteiger partial charge >= 0.3 is 0 Å². The quantitative estimate of drug-likeness (QED) is 0.816. The van der Waals surface area contributed by atoms with Gasteiger partial charge in [-0.1, -0.05) is 16.8 Å². The highest BCUT2D eigenvalue weighted by Crippen LogP contribution is 2.18. The van der Waals surface area contributed by atoms with E-state index in [1.807, 2.05) is 0 Å². The van der Waals surface area contributed by atoms with Crippen LogP contribution in [0.1, 0.15) is 23.2 Å². The first-order chi connectivity index (χ1) is 12.5. The summed E-state index contributed by atoms with van der Waals surface area (Å²) in [7, 11) is 1.50. The van der Waals surface area contributed by atoms with Crippen LogP contribution in [0.4, 0.5) is 11.5 Å². The molecule has 1 saturated heterocycles. The second kappa shape index (κ2) is 7.61. The fraction of sp³-hybridized carbons (Fsp3) is 0.375. The summed E-state index contributed by atoms with van der Waals surface area (Å²) in [5.74, 6) is 0.265. The third-order valence-electron chi connectivity index (χ3n) is 4.21. The molecule has 0 spiro atoms. The van der Waals surface area contributed by atoms with Crippen LogP contribution in [-0.2, 0) is 7.05 Å². The Morgan fingerprint density at radius 1 is 1.35 bits per heavy atom. The van der Waals surface area contributed by atoms with Crippen LogP contribution in [0.5, 0.6) is 0 Å². The number of nitrogens with one attached hydrogen (secondary N) is 1. The van der Waals surface area contributed by atoms with Crippen LogP contribution < -0.4 is 10.9 Å². The molecule has 0 saturated carbocycles. The van der Waals surface area contributed by atoms with E-state index in [0.29, 0.717) is 37.3 Å². The van der Waals surface area contributed by atoms with E-state index < -0.39 is 0 Å². The molecule has 1 amide bonds. The minimum absolute atomic E-state index is 0.142. The van der Waals surface area contributed by atoms with Crippen molar-refractivity contribution in [2.24, 2.45) is 12.2 Å². The van der Waals surface area contributed by atoms with E-state index in [4.69, 9.17) is 11.6 Å². The molecule has 0 aromatic carbocycles. The Hall–Kier alpha value is -2.81. The minimum Gasteiger partial charge on any atom is -0.338 e. The first-order valence-corrected chi connectivity index (χ1v) is 8.44. The lowest BCUT2D eigenvalue weighted by molar-refractivity contribution is 0.0714. The van der Waals surface area contributed by atoms with Crippen LogP contribution in [-0.4, -0.2) is 44.7 Å². The number of carbonyl (C=O) groups excluding carboxylic acids is 1. The predicted molar refractivity (Wildman–Crippen MR) is 96.7 cm³/mol. The molecule has 3 heterocycles. The number of amides is 1. The summed E-state index contributed by atoms with van der Waals surface area (Å²) in [6.07, 6.45) is 2.60. The molecule has 0 aliphatic carbocycles. The normalized spacial score (nSPS) is 14.9. The lowest BCUT2D eigenvalue weighted by atomic mass is 10.1. The molecule has 1 fully saturated rings. The fourth-order valence-corrected chi connectivity index (χ4v) is 2.97. The first kappa shape index (κ1) is 18.0. The molecule has 9 nitrogen and oxygen atoms in total. The largest absolute Gasteiger partial charge is 0.338 e. The molecule has 2 aromatic rings. The molecule has 1 aliphatic heterocycles. The molecule has 10 heteroatoms. The van der Waals surface area contributed by atoms with Crippen molar-refractivity contribution in [1.29, 1.82) is 0 Å². The highest BCUT2D eigenvalue weighted by atomic mass is 35.5. The smallest absolute Gasteiger partial charge is 0.290 e. The van der Waals surface area contributed by atoms with Crippen LogP contribution in [0.2, 0.25) is 5.15 Å². The van der Waals surface area contributed by atoms with Crippen molar-refractivity contribution >= 4 is 29.0 Å². The van der Waals surface area contributed by atoms with Crippen molar-refractivity contribution in [1.82, 2.24) is 19.7 Å². The SMILES string of the molecule is Cn1nc(Cl)cc(Nc2ccc(C(=O)N3CCC(N=O)CC3)cn2)c1=O. The number of likely N-dealkylation sites (tertiary alicyclic amines) is 1. The maximum Gasteiger partial charge on any atom is 0.290 e. The van der Waals surface area contributed by atoms with Gasteiger partial charge in [0, 0.05) is 32.4 Å². The second-order valence-corrected chi connectivity index (χ2v) is 6.38. The Balaban J connectivity index is 1.70. The number of aromatic nitrogens is 3. The summed E-state index contributed by atoms with van der Waals surface area (Å²) >= 11 is 5.85. The van der Waals surface area contributed by atoms with Crippen molar-refractivity contribution < 1.29 is 4.79 Å². The van der Waals surface area contributed by atoms with Gasteiger partial charge in [-0.2, -0.15) is 10.0 Å². The van der Waals surface area contributed by atoms with Gasteiger partial charge < -0.3 is 10.2 Å². The van der Waals surface area contributed by atoms with E-state index in [2.05, 4.69) is 20.6 Å². The minimum atomic E-state index is -0.344. The van der Waals surface area contributed by atoms with Gasteiger partial charge in [0.2, 0.25) is 0 Å². The van der Waals surface area contributed by atoms with Crippen molar-refractivity contribution in [2.45, 2.75) is 18.9 Å². The number of halogens is 1. The number of piperidine rings is 1. The first-order valence-electron chi connectivity index (χ1n) is 8.06. The Morgan fingerprint density at radius 3 is 2.69 bits per heavy atom. The Bertz CT molecular complexity index is 875. The lowest BCUT2D eigenvalue weighted by Gasteiger charge is -2.28. The van der Waals surface area contributed by atoms with E-state index >= 15 is 0 Å². The van der Waals surface area contributed by atoms with Crippen molar-refractivity contribution in [3.8, 4) is 0 Å². The third-order valence-corrected chi connectivity index (χ3v) is 4.39. The second-order valence-electron chi connectivity index (χ2n) is 6.00. The molecule has 3 rings (SSSR count). The summed E-state index contributed by atoms with van der Waals surface area (Å²) in [4.78, 5) is 40.9. The molecule has 1 N–H and O–H groups in total. The van der Waals surface area contributed by atoms with Crippen LogP contribution in [0.25, 0.3) is 0 Å². The number of nitroso groups, excluding NO2 is 1. The van der Waals surface area contributed by atoms with Crippen molar-refractivity contribution in [3.05, 3.63) is 50.4 Å². The van der Waals surface area contributed by atoms with E-state index in [1.165, 1.54) is 19.3 Å². The van der Waals surface area contributed by atoms with Crippen LogP contribution in [0, 0.1) is 4.91 Å². The van der Waals surface area contributed by atoms with Gasteiger partial charge in [0.1, 0.15) is 11.5 Å². The molecule has 0 bridgehead atoms. The number of nitrogens with zero attached hydrogens (tertiary/aromatic N) is 5. The van der Waals surface area contributed by atoms with E-state index in [1.54, 1.807) is 17.0 Å². The Labute approximate surface area is 154 Å². The summed E-state index contributed by atoms with van der Waals surface area (Å²) in [6, 6.07) is 4.45.